The van der Waals surface area contributed by atoms with Crippen LogP contribution in [0.1, 0.15) is 0 Å². The van der Waals surface area contributed by atoms with Crippen molar-refractivity contribution in [3.63, 3.8) is 0 Å². The summed E-state index contributed by atoms with van der Waals surface area (Å²) in [6.45, 7) is 0. The third kappa shape index (κ3) is 1.96. The Balaban J connectivity index is 1.92. The highest BCUT2D eigenvalue weighted by Crippen LogP contribution is 2.28. The first-order valence-electron chi connectivity index (χ1n) is 4.75. The van der Waals surface area contributed by atoms with Crippen molar-refractivity contribution < 1.29 is 18.8 Å². The van der Waals surface area contributed by atoms with E-state index in [2.05, 4.69) is 55.1 Å². The Labute approximate surface area is 106 Å². The van der Waals surface area contributed by atoms with Crippen molar-refractivity contribution in [2.24, 2.45) is 10.2 Å². The molecule has 0 N–H and O–H groups in total. The Morgan fingerprint density at radius 1 is 1.00 bits per heavy atom. The number of azo groups is 1. The van der Waals surface area contributed by atoms with Crippen LogP contribution < -0.4 is 0 Å². The van der Waals surface area contributed by atoms with E-state index in [1.54, 1.807) is 0 Å². The first kappa shape index (κ1) is 11.5. The van der Waals surface area contributed by atoms with Gasteiger partial charge in [0.25, 0.3) is 0 Å². The fraction of sp³-hybridized carbons (Fsp3) is 0. The lowest BCUT2D eigenvalue weighted by Crippen LogP contribution is -1.87. The maximum atomic E-state index is 10.6. The van der Waals surface area contributed by atoms with Crippen molar-refractivity contribution in [1.82, 2.24) is 30.9 Å². The quantitative estimate of drug-likeness (QED) is 0.373. The molecule has 0 radical (unpaired) electrons. The van der Waals surface area contributed by atoms with Crippen molar-refractivity contribution in [2.45, 2.75) is 0 Å². The molecule has 0 bridgehead atoms. The summed E-state index contributed by atoms with van der Waals surface area (Å²) in [5, 5.41) is 37.7. The van der Waals surface area contributed by atoms with Gasteiger partial charge in [0, 0.05) is 5.16 Å². The second-order valence-corrected chi connectivity index (χ2v) is 3.10. The van der Waals surface area contributed by atoms with Gasteiger partial charge in [0.2, 0.25) is 5.82 Å². The summed E-state index contributed by atoms with van der Waals surface area (Å²) in [4.78, 5) is 9.74. The van der Waals surface area contributed by atoms with E-state index in [1.807, 2.05) is 0 Å². The van der Waals surface area contributed by atoms with Gasteiger partial charge in [0.05, 0.1) is 0 Å². The summed E-state index contributed by atoms with van der Waals surface area (Å²) in [7, 11) is 0. The van der Waals surface area contributed by atoms with Crippen molar-refractivity contribution >= 4 is 17.5 Å². The molecular weight excluding hydrogens is 278 g/mol. The molecule has 0 atom stereocenters. The van der Waals surface area contributed by atoms with Crippen molar-refractivity contribution in [3.8, 4) is 11.4 Å². The van der Waals surface area contributed by atoms with Crippen LogP contribution in [0.15, 0.2) is 30.3 Å². The summed E-state index contributed by atoms with van der Waals surface area (Å²) in [5.74, 6) is -1.21. The lowest BCUT2D eigenvalue weighted by atomic mass is 10.3. The molecule has 100 valence electrons. The van der Waals surface area contributed by atoms with Crippen LogP contribution >= 0.6 is 0 Å². The molecule has 0 spiro atoms. The number of nitro groups is 1. The summed E-state index contributed by atoms with van der Waals surface area (Å²) >= 11 is 0. The minimum atomic E-state index is -0.825. The Morgan fingerprint density at radius 2 is 1.75 bits per heavy atom. The molecule has 0 aliphatic heterocycles. The van der Waals surface area contributed by atoms with E-state index in [4.69, 9.17) is 0 Å². The summed E-state index contributed by atoms with van der Waals surface area (Å²) in [6.07, 6.45) is 1.25. The van der Waals surface area contributed by atoms with Crippen molar-refractivity contribution in [3.05, 3.63) is 16.3 Å². The van der Waals surface area contributed by atoms with E-state index >= 15 is 0 Å². The topological polar surface area (TPSA) is 185 Å². The Kier molecular flexibility index (Phi) is 2.64. The zero-order chi connectivity index (χ0) is 13.9. The summed E-state index contributed by atoms with van der Waals surface area (Å²) in [5.41, 5.74) is 0.294. The Hall–Kier alpha value is -3.58. The minimum Gasteiger partial charge on any atom is -0.358 e. The molecule has 3 rings (SSSR count). The molecule has 0 aromatic carbocycles. The first-order chi connectivity index (χ1) is 9.75. The fourth-order valence-corrected chi connectivity index (χ4v) is 1.13. The molecule has 0 saturated heterocycles. The van der Waals surface area contributed by atoms with Crippen LogP contribution in [0.4, 0.5) is 17.5 Å². The molecule has 0 fully saturated rings. The van der Waals surface area contributed by atoms with Gasteiger partial charge in [-0.3, -0.25) is 0 Å². The minimum absolute atomic E-state index is 0.0918. The maximum absolute atomic E-state index is 10.6. The second-order valence-electron chi connectivity index (χ2n) is 3.10. The van der Waals surface area contributed by atoms with Crippen LogP contribution in [0.5, 0.6) is 0 Å². The molecule has 3 aromatic heterocycles. The highest BCUT2D eigenvalue weighted by Gasteiger charge is 2.23. The summed E-state index contributed by atoms with van der Waals surface area (Å²) < 4.78 is 13.0. The lowest BCUT2D eigenvalue weighted by Gasteiger charge is -1.86. The van der Waals surface area contributed by atoms with Crippen LogP contribution in [0.25, 0.3) is 11.4 Å². The number of hydrogen-bond donors (Lipinski definition) is 0. The second kappa shape index (κ2) is 4.59. The van der Waals surface area contributed by atoms with E-state index in [0.29, 0.717) is 0 Å². The van der Waals surface area contributed by atoms with Crippen LogP contribution in [0.3, 0.4) is 0 Å². The van der Waals surface area contributed by atoms with E-state index in [0.717, 1.165) is 0 Å². The van der Waals surface area contributed by atoms with Crippen LogP contribution in [-0.2, 0) is 0 Å². The van der Waals surface area contributed by atoms with Gasteiger partial charge >= 0.3 is 11.6 Å². The summed E-state index contributed by atoms with van der Waals surface area (Å²) in [6, 6.07) is 0. The monoisotopic (exact) mass is 279 g/mol. The third-order valence-electron chi connectivity index (χ3n) is 1.94. The van der Waals surface area contributed by atoms with Gasteiger partial charge in [-0.05, 0) is 20.4 Å². The average Bonchev–Trinajstić information content (AvgIpc) is 3.16. The normalized spacial score (nSPS) is 11.2. The van der Waals surface area contributed by atoms with Gasteiger partial charge in [0.15, 0.2) is 16.5 Å². The highest BCUT2D eigenvalue weighted by atomic mass is 16.6. The molecule has 3 heterocycles. The standard InChI is InChI=1S/C6HN9O5/c16-15(17)6-5(13-20-14-6)9-8-4-3(11-19-12-4)2-1-7-18-10-2/h1H. The van der Waals surface area contributed by atoms with E-state index < -0.39 is 16.6 Å². The smallest absolute Gasteiger partial charge is 0.358 e. The molecule has 0 aliphatic rings. The predicted octanol–water partition coefficient (Wildman–Crippen LogP) is 0.826. The largest absolute Gasteiger partial charge is 0.462 e. The molecule has 14 nitrogen and oxygen atoms in total. The van der Waals surface area contributed by atoms with Gasteiger partial charge in [-0.1, -0.05) is 5.16 Å². The molecule has 3 aromatic rings. The van der Waals surface area contributed by atoms with E-state index in [1.165, 1.54) is 6.20 Å². The molecular formula is C6HN9O5. The molecule has 0 aliphatic carbocycles. The Morgan fingerprint density at radius 3 is 2.50 bits per heavy atom. The van der Waals surface area contributed by atoms with Gasteiger partial charge in [-0.2, -0.15) is 0 Å². The van der Waals surface area contributed by atoms with E-state index in [9.17, 15) is 10.1 Å². The van der Waals surface area contributed by atoms with Gasteiger partial charge in [-0.15, -0.1) is 14.9 Å². The maximum Gasteiger partial charge on any atom is 0.462 e. The molecule has 14 heteroatoms. The Bertz CT molecular complexity index is 757. The lowest BCUT2D eigenvalue weighted by molar-refractivity contribution is -0.390. The molecule has 0 amide bonds. The first-order valence-corrected chi connectivity index (χ1v) is 4.75. The highest BCUT2D eigenvalue weighted by molar-refractivity contribution is 5.63. The predicted molar refractivity (Wildman–Crippen MR) is 52.7 cm³/mol. The number of rotatable bonds is 4. The van der Waals surface area contributed by atoms with Crippen molar-refractivity contribution in [2.75, 3.05) is 0 Å². The van der Waals surface area contributed by atoms with Gasteiger partial charge < -0.3 is 10.1 Å². The average molecular weight is 279 g/mol. The van der Waals surface area contributed by atoms with Gasteiger partial charge in [0.1, 0.15) is 6.20 Å². The molecule has 0 unspecified atom stereocenters. The zero-order valence-corrected chi connectivity index (χ0v) is 9.14. The SMILES string of the molecule is O=[N+]([O-])c1nonc1N=Nc1nonc1-c1cnon1. The molecule has 0 saturated carbocycles. The van der Waals surface area contributed by atoms with E-state index in [-0.39, 0.29) is 17.2 Å². The number of hydrogen-bond acceptors (Lipinski definition) is 13. The van der Waals surface area contributed by atoms with Crippen LogP contribution in [0.2, 0.25) is 0 Å². The number of nitrogens with zero attached hydrogens (tertiary/aromatic N) is 9. The van der Waals surface area contributed by atoms with Crippen molar-refractivity contribution in [1.29, 1.82) is 0 Å². The zero-order valence-electron chi connectivity index (χ0n) is 9.14. The number of aromatic nitrogens is 6. The van der Waals surface area contributed by atoms with Crippen LogP contribution in [0, 0.1) is 10.1 Å². The van der Waals surface area contributed by atoms with Crippen LogP contribution in [-0.4, -0.2) is 35.9 Å². The fourth-order valence-electron chi connectivity index (χ4n) is 1.13. The third-order valence-corrected chi connectivity index (χ3v) is 1.94. The van der Waals surface area contributed by atoms with Gasteiger partial charge in [-0.25, -0.2) is 9.26 Å². The molecule has 20 heavy (non-hydrogen) atoms.